The Bertz CT molecular complexity index is 601. The monoisotopic (exact) mass is 332 g/mol. The maximum Gasteiger partial charge on any atom is 0.451 e. The van der Waals surface area contributed by atoms with Crippen molar-refractivity contribution >= 4 is 33.3 Å². The molecule has 8 heteroatoms. The van der Waals surface area contributed by atoms with Gasteiger partial charge >= 0.3 is 6.18 Å². The Kier molecular flexibility index (Phi) is 3.61. The van der Waals surface area contributed by atoms with Crippen molar-refractivity contribution in [2.75, 3.05) is 11.1 Å². The van der Waals surface area contributed by atoms with E-state index in [1.54, 1.807) is 24.3 Å². The molecule has 0 atom stereocenters. The second-order valence-corrected chi connectivity index (χ2v) is 4.46. The van der Waals surface area contributed by atoms with Crippen LogP contribution in [0.4, 0.5) is 30.5 Å². The molecule has 1 aromatic heterocycles. The summed E-state index contributed by atoms with van der Waals surface area (Å²) in [5.74, 6) is -1.55. The maximum atomic E-state index is 12.5. The fourth-order valence-corrected chi connectivity index (χ4v) is 1.74. The van der Waals surface area contributed by atoms with Gasteiger partial charge in [0.25, 0.3) is 0 Å². The van der Waals surface area contributed by atoms with Crippen LogP contribution in [0, 0.1) is 0 Å². The molecule has 0 spiro atoms. The number of anilines is 3. The van der Waals surface area contributed by atoms with Crippen LogP contribution in [-0.2, 0) is 6.18 Å². The van der Waals surface area contributed by atoms with Gasteiger partial charge in [-0.25, -0.2) is 9.97 Å². The molecule has 19 heavy (non-hydrogen) atoms. The molecule has 0 aliphatic carbocycles. The lowest BCUT2D eigenvalue weighted by Crippen LogP contribution is -2.13. The van der Waals surface area contributed by atoms with Crippen molar-refractivity contribution in [1.82, 2.24) is 9.97 Å². The van der Waals surface area contributed by atoms with Crippen molar-refractivity contribution in [3.8, 4) is 0 Å². The molecule has 0 aliphatic heterocycles. The predicted molar refractivity (Wildman–Crippen MR) is 68.9 cm³/mol. The van der Waals surface area contributed by atoms with Gasteiger partial charge in [-0.15, -0.1) is 0 Å². The smallest absolute Gasteiger partial charge is 0.384 e. The van der Waals surface area contributed by atoms with E-state index in [9.17, 15) is 13.2 Å². The molecule has 1 aromatic carbocycles. The van der Waals surface area contributed by atoms with E-state index in [0.717, 1.165) is 0 Å². The number of para-hydroxylation sites is 1. The van der Waals surface area contributed by atoms with Crippen LogP contribution in [0.5, 0.6) is 0 Å². The fourth-order valence-electron chi connectivity index (χ4n) is 1.36. The van der Waals surface area contributed by atoms with Crippen LogP contribution >= 0.6 is 15.9 Å². The molecule has 0 saturated carbocycles. The van der Waals surface area contributed by atoms with Crippen LogP contribution < -0.4 is 11.1 Å². The Morgan fingerprint density at radius 3 is 2.47 bits per heavy atom. The van der Waals surface area contributed by atoms with Gasteiger partial charge in [-0.2, -0.15) is 13.2 Å². The molecule has 2 aromatic rings. The lowest BCUT2D eigenvalue weighted by molar-refractivity contribution is -0.144. The van der Waals surface area contributed by atoms with Crippen molar-refractivity contribution in [3.05, 3.63) is 40.6 Å². The highest BCUT2D eigenvalue weighted by Gasteiger charge is 2.35. The second-order valence-electron chi connectivity index (χ2n) is 3.60. The summed E-state index contributed by atoms with van der Waals surface area (Å²) < 4.78 is 38.3. The minimum absolute atomic E-state index is 0.0216. The minimum atomic E-state index is -4.64. The number of nitrogens with two attached hydrogens (primary N) is 1. The summed E-state index contributed by atoms with van der Waals surface area (Å²) in [5.41, 5.74) is 5.92. The summed E-state index contributed by atoms with van der Waals surface area (Å²) in [6, 6.07) is 8.19. The quantitative estimate of drug-likeness (QED) is 0.882. The highest BCUT2D eigenvalue weighted by molar-refractivity contribution is 9.10. The Morgan fingerprint density at radius 2 is 1.84 bits per heavy atom. The summed E-state index contributed by atoms with van der Waals surface area (Å²) in [6.45, 7) is 0. The van der Waals surface area contributed by atoms with Crippen LogP contribution in [0.15, 0.2) is 34.8 Å². The highest BCUT2D eigenvalue weighted by atomic mass is 79.9. The molecule has 0 fully saturated rings. The van der Waals surface area contributed by atoms with Gasteiger partial charge in [-0.05, 0) is 28.1 Å². The number of rotatable bonds is 2. The maximum absolute atomic E-state index is 12.5. The molecule has 100 valence electrons. The van der Waals surface area contributed by atoms with Crippen LogP contribution in [0.1, 0.15) is 5.82 Å². The largest absolute Gasteiger partial charge is 0.451 e. The number of aromatic nitrogens is 2. The molecule has 0 aliphatic rings. The average Bonchev–Trinajstić information content (AvgIpc) is 2.30. The summed E-state index contributed by atoms with van der Waals surface area (Å²) in [6.07, 6.45) is -4.64. The molecule has 3 N–H and O–H groups in total. The number of nitrogen functional groups attached to an aromatic ring is 1. The normalized spacial score (nSPS) is 11.4. The lowest BCUT2D eigenvalue weighted by atomic mass is 10.3. The lowest BCUT2D eigenvalue weighted by Gasteiger charge is -2.11. The van der Waals surface area contributed by atoms with Crippen molar-refractivity contribution in [1.29, 1.82) is 0 Å². The van der Waals surface area contributed by atoms with Crippen molar-refractivity contribution in [3.63, 3.8) is 0 Å². The average molecular weight is 333 g/mol. The first-order chi connectivity index (χ1) is 8.86. The molecule has 0 unspecified atom stereocenters. The Labute approximate surface area is 115 Å². The Morgan fingerprint density at radius 1 is 1.16 bits per heavy atom. The zero-order valence-electron chi connectivity index (χ0n) is 9.37. The summed E-state index contributed by atoms with van der Waals surface area (Å²) in [5, 5.41) is 2.75. The van der Waals surface area contributed by atoms with E-state index in [1.165, 1.54) is 6.07 Å². The van der Waals surface area contributed by atoms with Crippen LogP contribution in [-0.4, -0.2) is 9.97 Å². The third kappa shape index (κ3) is 3.34. The van der Waals surface area contributed by atoms with Crippen molar-refractivity contribution in [2.24, 2.45) is 0 Å². The van der Waals surface area contributed by atoms with E-state index in [0.29, 0.717) is 10.2 Å². The van der Waals surface area contributed by atoms with Crippen LogP contribution in [0.25, 0.3) is 0 Å². The summed E-state index contributed by atoms with van der Waals surface area (Å²) in [7, 11) is 0. The van der Waals surface area contributed by atoms with Gasteiger partial charge in [0.15, 0.2) is 0 Å². The number of alkyl halides is 3. The predicted octanol–water partition coefficient (Wildman–Crippen LogP) is 3.58. The van der Waals surface area contributed by atoms with E-state index in [2.05, 4.69) is 31.2 Å². The number of nitrogens with zero attached hydrogens (tertiary/aromatic N) is 2. The van der Waals surface area contributed by atoms with Crippen molar-refractivity contribution in [2.45, 2.75) is 6.18 Å². The first-order valence-corrected chi connectivity index (χ1v) is 5.89. The summed E-state index contributed by atoms with van der Waals surface area (Å²) in [4.78, 5) is 6.55. The highest BCUT2D eigenvalue weighted by Crippen LogP contribution is 2.29. The molecule has 2 rings (SSSR count). The first kappa shape index (κ1) is 13.6. The van der Waals surface area contributed by atoms with E-state index in [1.807, 2.05) is 0 Å². The SMILES string of the molecule is Nc1cc(Nc2ccccc2Br)nc(C(F)(F)F)n1. The summed E-state index contributed by atoms with van der Waals surface area (Å²) >= 11 is 3.27. The molecule has 0 radical (unpaired) electrons. The van der Waals surface area contributed by atoms with Gasteiger partial charge in [-0.3, -0.25) is 0 Å². The fraction of sp³-hybridized carbons (Fsp3) is 0.0909. The van der Waals surface area contributed by atoms with Gasteiger partial charge in [0.05, 0.1) is 5.69 Å². The Balaban J connectivity index is 2.36. The third-order valence-corrected chi connectivity index (χ3v) is 2.83. The van der Waals surface area contributed by atoms with E-state index < -0.39 is 12.0 Å². The number of benzene rings is 1. The molecular formula is C11H8BrF3N4. The molecular weight excluding hydrogens is 325 g/mol. The Hall–Kier alpha value is -1.83. The standard InChI is InChI=1S/C11H8BrF3N4/c12-6-3-1-2-4-7(6)17-9-5-8(16)18-10(19-9)11(13,14)15/h1-5H,(H3,16,17,18,19). The number of hydrogen-bond acceptors (Lipinski definition) is 4. The third-order valence-electron chi connectivity index (χ3n) is 2.14. The van der Waals surface area contributed by atoms with Gasteiger partial charge in [-0.1, -0.05) is 12.1 Å². The number of hydrogen-bond donors (Lipinski definition) is 2. The molecule has 0 saturated heterocycles. The minimum Gasteiger partial charge on any atom is -0.384 e. The van der Waals surface area contributed by atoms with E-state index in [4.69, 9.17) is 5.73 Å². The van der Waals surface area contributed by atoms with Gasteiger partial charge in [0.2, 0.25) is 5.82 Å². The van der Waals surface area contributed by atoms with Crippen LogP contribution in [0.2, 0.25) is 0 Å². The van der Waals surface area contributed by atoms with Crippen LogP contribution in [0.3, 0.4) is 0 Å². The second kappa shape index (κ2) is 5.04. The van der Waals surface area contributed by atoms with Gasteiger partial charge in [0.1, 0.15) is 11.6 Å². The molecule has 4 nitrogen and oxygen atoms in total. The van der Waals surface area contributed by atoms with E-state index in [-0.39, 0.29) is 11.6 Å². The number of nitrogens with one attached hydrogen (secondary N) is 1. The van der Waals surface area contributed by atoms with Crippen molar-refractivity contribution < 1.29 is 13.2 Å². The molecule has 0 amide bonds. The van der Waals surface area contributed by atoms with Gasteiger partial charge < -0.3 is 11.1 Å². The zero-order valence-corrected chi connectivity index (χ0v) is 11.0. The topological polar surface area (TPSA) is 63.8 Å². The number of halogens is 4. The van der Waals surface area contributed by atoms with E-state index >= 15 is 0 Å². The van der Waals surface area contributed by atoms with Gasteiger partial charge in [0, 0.05) is 10.5 Å². The zero-order chi connectivity index (χ0) is 14.0. The molecule has 0 bridgehead atoms. The molecule has 1 heterocycles. The first-order valence-electron chi connectivity index (χ1n) is 5.09.